The summed E-state index contributed by atoms with van der Waals surface area (Å²) in [6.07, 6.45) is 2.46. The predicted octanol–water partition coefficient (Wildman–Crippen LogP) is 0.235. The van der Waals surface area contributed by atoms with Crippen molar-refractivity contribution in [1.82, 2.24) is 9.80 Å². The molecular formula is C13H27N3O. The summed E-state index contributed by atoms with van der Waals surface area (Å²) in [5.41, 5.74) is 6.15. The molecule has 0 spiro atoms. The smallest absolute Gasteiger partial charge is 0.0547 e. The summed E-state index contributed by atoms with van der Waals surface area (Å²) in [6.45, 7) is 7.27. The third kappa shape index (κ3) is 3.41. The van der Waals surface area contributed by atoms with Crippen LogP contribution in [0.4, 0.5) is 0 Å². The number of hydrogen-bond acceptors (Lipinski definition) is 4. The highest BCUT2D eigenvalue weighted by atomic mass is 16.5. The highest BCUT2D eigenvalue weighted by molar-refractivity contribution is 4.87. The van der Waals surface area contributed by atoms with Crippen LogP contribution in [0.5, 0.6) is 0 Å². The van der Waals surface area contributed by atoms with Gasteiger partial charge in [0.1, 0.15) is 0 Å². The van der Waals surface area contributed by atoms with E-state index in [2.05, 4.69) is 23.9 Å². The number of hydrogen-bond donors (Lipinski definition) is 1. The van der Waals surface area contributed by atoms with Crippen molar-refractivity contribution in [3.05, 3.63) is 0 Å². The first-order valence-corrected chi connectivity index (χ1v) is 6.78. The van der Waals surface area contributed by atoms with Crippen molar-refractivity contribution in [1.29, 1.82) is 0 Å². The Balaban J connectivity index is 1.78. The number of rotatable bonds is 5. The van der Waals surface area contributed by atoms with Crippen LogP contribution in [-0.4, -0.2) is 69.8 Å². The second kappa shape index (κ2) is 5.65. The third-order valence-corrected chi connectivity index (χ3v) is 4.28. The quantitative estimate of drug-likeness (QED) is 0.748. The summed E-state index contributed by atoms with van der Waals surface area (Å²) in [4.78, 5) is 4.89. The normalized spacial score (nSPS) is 34.9. The van der Waals surface area contributed by atoms with Crippen LogP contribution in [0.1, 0.15) is 12.8 Å². The van der Waals surface area contributed by atoms with Gasteiger partial charge in [-0.05, 0) is 39.4 Å². The monoisotopic (exact) mass is 241 g/mol. The van der Waals surface area contributed by atoms with Gasteiger partial charge in [0.25, 0.3) is 0 Å². The summed E-state index contributed by atoms with van der Waals surface area (Å²) >= 11 is 0. The largest absolute Gasteiger partial charge is 0.381 e. The van der Waals surface area contributed by atoms with Crippen molar-refractivity contribution in [2.24, 2.45) is 17.1 Å². The maximum Gasteiger partial charge on any atom is 0.0547 e. The summed E-state index contributed by atoms with van der Waals surface area (Å²) < 4.78 is 5.52. The molecule has 0 amide bonds. The van der Waals surface area contributed by atoms with Crippen LogP contribution in [0.3, 0.4) is 0 Å². The van der Waals surface area contributed by atoms with E-state index in [0.717, 1.165) is 38.6 Å². The first kappa shape index (κ1) is 13.3. The molecule has 2 atom stereocenters. The summed E-state index contributed by atoms with van der Waals surface area (Å²) in [5, 5.41) is 0. The number of likely N-dealkylation sites (tertiary alicyclic amines) is 1. The van der Waals surface area contributed by atoms with Crippen LogP contribution < -0.4 is 5.73 Å². The van der Waals surface area contributed by atoms with Gasteiger partial charge in [0.2, 0.25) is 0 Å². The lowest BCUT2D eigenvalue weighted by Gasteiger charge is -2.32. The molecule has 2 heterocycles. The molecule has 0 bridgehead atoms. The molecule has 2 aliphatic heterocycles. The van der Waals surface area contributed by atoms with Gasteiger partial charge in [-0.2, -0.15) is 0 Å². The first-order chi connectivity index (χ1) is 8.13. The minimum Gasteiger partial charge on any atom is -0.381 e. The van der Waals surface area contributed by atoms with Crippen molar-refractivity contribution in [3.63, 3.8) is 0 Å². The average Bonchev–Trinajstić information content (AvgIpc) is 2.89. The Kier molecular flexibility index (Phi) is 4.42. The van der Waals surface area contributed by atoms with Gasteiger partial charge >= 0.3 is 0 Å². The Hall–Kier alpha value is -0.160. The fourth-order valence-corrected chi connectivity index (χ4v) is 3.25. The third-order valence-electron chi connectivity index (χ3n) is 4.28. The lowest BCUT2D eigenvalue weighted by atomic mass is 9.86. The molecule has 2 aliphatic rings. The maximum atomic E-state index is 5.93. The van der Waals surface area contributed by atoms with Gasteiger partial charge in [0.05, 0.1) is 6.61 Å². The van der Waals surface area contributed by atoms with E-state index in [4.69, 9.17) is 10.5 Å². The number of nitrogens with two attached hydrogens (primary N) is 1. The van der Waals surface area contributed by atoms with E-state index < -0.39 is 0 Å². The van der Waals surface area contributed by atoms with Gasteiger partial charge in [0, 0.05) is 38.2 Å². The molecule has 0 aromatic carbocycles. The second-order valence-corrected chi connectivity index (χ2v) is 6.12. The van der Waals surface area contributed by atoms with Crippen molar-refractivity contribution in [2.45, 2.75) is 12.8 Å². The van der Waals surface area contributed by atoms with Crippen molar-refractivity contribution >= 4 is 0 Å². The zero-order valence-electron chi connectivity index (χ0n) is 11.3. The first-order valence-electron chi connectivity index (χ1n) is 6.78. The summed E-state index contributed by atoms with van der Waals surface area (Å²) in [7, 11) is 4.44. The SMILES string of the molecule is CN1CCC(CN(C)CC2(CN)CCOC2)C1. The van der Waals surface area contributed by atoms with Gasteiger partial charge in [-0.15, -0.1) is 0 Å². The van der Waals surface area contributed by atoms with Gasteiger partial charge < -0.3 is 20.3 Å². The van der Waals surface area contributed by atoms with Crippen LogP contribution in [0.15, 0.2) is 0 Å². The Morgan fingerprint density at radius 2 is 2.35 bits per heavy atom. The van der Waals surface area contributed by atoms with Crippen LogP contribution in [0.2, 0.25) is 0 Å². The maximum absolute atomic E-state index is 5.93. The zero-order chi connectivity index (χ0) is 12.3. The molecule has 0 saturated carbocycles. The molecule has 4 nitrogen and oxygen atoms in total. The molecule has 17 heavy (non-hydrogen) atoms. The van der Waals surface area contributed by atoms with Crippen molar-refractivity contribution in [3.8, 4) is 0 Å². The summed E-state index contributed by atoms with van der Waals surface area (Å²) in [6, 6.07) is 0. The Morgan fingerprint density at radius 1 is 1.53 bits per heavy atom. The highest BCUT2D eigenvalue weighted by Gasteiger charge is 2.35. The standard InChI is InChI=1S/C13H27N3O/c1-15-5-3-12(7-15)8-16(2)10-13(9-14)4-6-17-11-13/h12H,3-11,14H2,1-2H3. The molecule has 100 valence electrons. The van der Waals surface area contributed by atoms with Crippen LogP contribution in [0, 0.1) is 11.3 Å². The minimum absolute atomic E-state index is 0.221. The Bertz CT molecular complexity index is 241. The molecule has 0 radical (unpaired) electrons. The zero-order valence-corrected chi connectivity index (χ0v) is 11.3. The Labute approximate surface area is 105 Å². The topological polar surface area (TPSA) is 41.7 Å². The highest BCUT2D eigenvalue weighted by Crippen LogP contribution is 2.28. The molecule has 0 aromatic heterocycles. The van der Waals surface area contributed by atoms with E-state index in [9.17, 15) is 0 Å². The van der Waals surface area contributed by atoms with Crippen LogP contribution >= 0.6 is 0 Å². The molecule has 2 fully saturated rings. The van der Waals surface area contributed by atoms with E-state index in [0.29, 0.717) is 0 Å². The van der Waals surface area contributed by atoms with E-state index in [1.54, 1.807) is 0 Å². The number of nitrogens with zero attached hydrogens (tertiary/aromatic N) is 2. The molecule has 2 unspecified atom stereocenters. The lowest BCUT2D eigenvalue weighted by Crippen LogP contribution is -2.43. The molecule has 0 aliphatic carbocycles. The fourth-order valence-electron chi connectivity index (χ4n) is 3.25. The van der Waals surface area contributed by atoms with Gasteiger partial charge in [-0.3, -0.25) is 0 Å². The van der Waals surface area contributed by atoms with Gasteiger partial charge in [-0.1, -0.05) is 0 Å². The minimum atomic E-state index is 0.221. The van der Waals surface area contributed by atoms with E-state index in [-0.39, 0.29) is 5.41 Å². The fraction of sp³-hybridized carbons (Fsp3) is 1.00. The van der Waals surface area contributed by atoms with E-state index >= 15 is 0 Å². The summed E-state index contributed by atoms with van der Waals surface area (Å²) in [5.74, 6) is 0.835. The van der Waals surface area contributed by atoms with Gasteiger partial charge in [0.15, 0.2) is 0 Å². The van der Waals surface area contributed by atoms with E-state index in [1.807, 2.05) is 0 Å². The van der Waals surface area contributed by atoms with Crippen molar-refractivity contribution in [2.75, 3.05) is 60.0 Å². The second-order valence-electron chi connectivity index (χ2n) is 6.12. The molecule has 2 saturated heterocycles. The van der Waals surface area contributed by atoms with Crippen molar-refractivity contribution < 1.29 is 4.74 Å². The van der Waals surface area contributed by atoms with Gasteiger partial charge in [-0.25, -0.2) is 0 Å². The lowest BCUT2D eigenvalue weighted by molar-refractivity contribution is 0.119. The molecule has 2 N–H and O–H groups in total. The molecule has 0 aromatic rings. The Morgan fingerprint density at radius 3 is 2.88 bits per heavy atom. The average molecular weight is 241 g/mol. The molecule has 4 heteroatoms. The number of ether oxygens (including phenoxy) is 1. The van der Waals surface area contributed by atoms with Crippen LogP contribution in [-0.2, 0) is 4.74 Å². The molecular weight excluding hydrogens is 214 g/mol. The van der Waals surface area contributed by atoms with E-state index in [1.165, 1.54) is 26.1 Å². The van der Waals surface area contributed by atoms with Crippen LogP contribution in [0.25, 0.3) is 0 Å². The molecule has 2 rings (SSSR count). The predicted molar refractivity (Wildman–Crippen MR) is 70.0 cm³/mol.